The molecule has 0 amide bonds. The number of benzene rings is 1. The standard InChI is InChI=1S/C19H20N2OS/c1-21(17-9-4-7-14-6-2-3-8-16(14)17)12-15-13-22-19(20-15)18-10-5-11-23-18/h2-3,5-6,8,10-11,13,17H,4,7,9,12H2,1H3/t17-/m0/s1. The molecule has 118 valence electrons. The Labute approximate surface area is 140 Å². The van der Waals surface area contributed by atoms with Crippen molar-refractivity contribution in [3.8, 4) is 10.8 Å². The molecule has 0 fully saturated rings. The third-order valence-corrected chi connectivity index (χ3v) is 5.42. The summed E-state index contributed by atoms with van der Waals surface area (Å²) in [7, 11) is 2.19. The van der Waals surface area contributed by atoms with E-state index in [0.29, 0.717) is 6.04 Å². The predicted molar refractivity (Wildman–Crippen MR) is 93.4 cm³/mol. The van der Waals surface area contributed by atoms with Gasteiger partial charge >= 0.3 is 0 Å². The fraction of sp³-hybridized carbons (Fsp3) is 0.316. The van der Waals surface area contributed by atoms with Crippen LogP contribution < -0.4 is 0 Å². The average molecular weight is 324 g/mol. The smallest absolute Gasteiger partial charge is 0.236 e. The predicted octanol–water partition coefficient (Wildman–Crippen LogP) is 4.91. The minimum absolute atomic E-state index is 0.474. The minimum Gasteiger partial charge on any atom is -0.444 e. The highest BCUT2D eigenvalue weighted by atomic mass is 32.1. The summed E-state index contributed by atoms with van der Waals surface area (Å²) in [5, 5.41) is 2.05. The highest BCUT2D eigenvalue weighted by Gasteiger charge is 2.24. The van der Waals surface area contributed by atoms with Crippen LogP contribution in [0.15, 0.2) is 52.5 Å². The van der Waals surface area contributed by atoms with Gasteiger partial charge in [-0.15, -0.1) is 11.3 Å². The largest absolute Gasteiger partial charge is 0.444 e. The number of aryl methyl sites for hydroxylation is 1. The molecule has 0 spiro atoms. The van der Waals surface area contributed by atoms with Gasteiger partial charge < -0.3 is 4.42 Å². The summed E-state index contributed by atoms with van der Waals surface area (Å²) in [5.74, 6) is 0.729. The van der Waals surface area contributed by atoms with E-state index in [1.54, 1.807) is 17.6 Å². The number of thiophene rings is 1. The summed E-state index contributed by atoms with van der Waals surface area (Å²) in [6.45, 7) is 0.813. The van der Waals surface area contributed by atoms with Crippen molar-refractivity contribution < 1.29 is 4.42 Å². The van der Waals surface area contributed by atoms with E-state index in [9.17, 15) is 0 Å². The van der Waals surface area contributed by atoms with Gasteiger partial charge in [0.1, 0.15) is 6.26 Å². The molecule has 0 radical (unpaired) electrons. The van der Waals surface area contributed by atoms with E-state index in [1.807, 2.05) is 17.5 Å². The summed E-state index contributed by atoms with van der Waals surface area (Å²) < 4.78 is 5.64. The lowest BCUT2D eigenvalue weighted by Gasteiger charge is -2.32. The molecule has 23 heavy (non-hydrogen) atoms. The van der Waals surface area contributed by atoms with E-state index < -0.39 is 0 Å². The van der Waals surface area contributed by atoms with Crippen molar-refractivity contribution >= 4 is 11.3 Å². The Hall–Kier alpha value is -1.91. The third-order valence-electron chi connectivity index (χ3n) is 4.56. The maximum Gasteiger partial charge on any atom is 0.236 e. The summed E-state index contributed by atoms with van der Waals surface area (Å²) >= 11 is 1.66. The van der Waals surface area contributed by atoms with Gasteiger partial charge in [0.2, 0.25) is 5.89 Å². The zero-order valence-corrected chi connectivity index (χ0v) is 14.1. The van der Waals surface area contributed by atoms with Crippen LogP contribution >= 0.6 is 11.3 Å². The molecule has 1 aliphatic rings. The average Bonchev–Trinajstić information content (AvgIpc) is 3.25. The second-order valence-electron chi connectivity index (χ2n) is 6.14. The summed E-state index contributed by atoms with van der Waals surface area (Å²) in [4.78, 5) is 8.13. The van der Waals surface area contributed by atoms with Gasteiger partial charge in [-0.2, -0.15) is 0 Å². The normalized spacial score (nSPS) is 17.4. The third kappa shape index (κ3) is 2.96. The minimum atomic E-state index is 0.474. The van der Waals surface area contributed by atoms with Crippen LogP contribution in [0.2, 0.25) is 0 Å². The Balaban J connectivity index is 1.52. The number of fused-ring (bicyclic) bond motifs is 1. The number of rotatable bonds is 4. The lowest BCUT2D eigenvalue weighted by Crippen LogP contribution is -2.27. The van der Waals surface area contributed by atoms with Crippen LogP contribution in [-0.2, 0) is 13.0 Å². The first-order valence-corrected chi connectivity index (χ1v) is 8.95. The fourth-order valence-corrected chi connectivity index (χ4v) is 4.10. The van der Waals surface area contributed by atoms with Crippen LogP contribution in [0, 0.1) is 0 Å². The Morgan fingerprint density at radius 2 is 2.17 bits per heavy atom. The van der Waals surface area contributed by atoms with Crippen molar-refractivity contribution in [3.05, 3.63) is 64.9 Å². The molecule has 1 aliphatic carbocycles. The van der Waals surface area contributed by atoms with Crippen LogP contribution in [0.5, 0.6) is 0 Å². The first-order valence-electron chi connectivity index (χ1n) is 8.07. The highest BCUT2D eigenvalue weighted by Crippen LogP contribution is 2.34. The molecule has 0 saturated heterocycles. The molecule has 0 N–H and O–H groups in total. The molecule has 0 saturated carbocycles. The Morgan fingerprint density at radius 1 is 1.26 bits per heavy atom. The molecule has 0 aliphatic heterocycles. The van der Waals surface area contributed by atoms with E-state index in [2.05, 4.69) is 41.2 Å². The molecule has 4 rings (SSSR count). The molecule has 4 heteroatoms. The molecule has 1 atom stereocenters. The molecular formula is C19H20N2OS. The Kier molecular flexibility index (Phi) is 4.02. The zero-order valence-electron chi connectivity index (χ0n) is 13.2. The number of aromatic nitrogens is 1. The SMILES string of the molecule is CN(Cc1coc(-c2cccs2)n1)[C@H]1CCCc2ccccc21. The molecule has 0 bridgehead atoms. The van der Waals surface area contributed by atoms with Gasteiger partial charge in [-0.1, -0.05) is 30.3 Å². The van der Waals surface area contributed by atoms with Crippen molar-refractivity contribution in [1.29, 1.82) is 0 Å². The molecule has 1 aromatic carbocycles. The van der Waals surface area contributed by atoms with E-state index in [0.717, 1.165) is 23.0 Å². The van der Waals surface area contributed by atoms with Gasteiger partial charge in [0.15, 0.2) is 0 Å². The van der Waals surface area contributed by atoms with Crippen molar-refractivity contribution in [2.24, 2.45) is 0 Å². The van der Waals surface area contributed by atoms with E-state index in [4.69, 9.17) is 4.42 Å². The Bertz CT molecular complexity index is 778. The number of hydrogen-bond acceptors (Lipinski definition) is 4. The fourth-order valence-electron chi connectivity index (χ4n) is 3.44. The van der Waals surface area contributed by atoms with Gasteiger partial charge in [0.25, 0.3) is 0 Å². The van der Waals surface area contributed by atoms with Crippen LogP contribution in [0.4, 0.5) is 0 Å². The van der Waals surface area contributed by atoms with Crippen molar-refractivity contribution in [2.75, 3.05) is 7.05 Å². The van der Waals surface area contributed by atoms with Crippen molar-refractivity contribution in [1.82, 2.24) is 9.88 Å². The van der Waals surface area contributed by atoms with Gasteiger partial charge in [-0.05, 0) is 48.9 Å². The Morgan fingerprint density at radius 3 is 3.04 bits per heavy atom. The van der Waals surface area contributed by atoms with Crippen LogP contribution in [-0.4, -0.2) is 16.9 Å². The summed E-state index contributed by atoms with van der Waals surface area (Å²) in [6, 6.07) is 13.4. The van der Waals surface area contributed by atoms with E-state index >= 15 is 0 Å². The highest BCUT2D eigenvalue weighted by molar-refractivity contribution is 7.13. The monoisotopic (exact) mass is 324 g/mol. The topological polar surface area (TPSA) is 29.3 Å². The summed E-state index contributed by atoms with van der Waals surface area (Å²) in [5.41, 5.74) is 3.97. The molecule has 2 heterocycles. The maximum absolute atomic E-state index is 5.64. The number of nitrogens with zero attached hydrogens (tertiary/aromatic N) is 2. The van der Waals surface area contributed by atoms with Gasteiger partial charge in [0.05, 0.1) is 10.6 Å². The van der Waals surface area contributed by atoms with Gasteiger partial charge in [-0.25, -0.2) is 4.98 Å². The van der Waals surface area contributed by atoms with Crippen LogP contribution in [0.1, 0.15) is 35.7 Å². The van der Waals surface area contributed by atoms with Crippen molar-refractivity contribution in [2.45, 2.75) is 31.8 Å². The number of oxazole rings is 1. The first kappa shape index (κ1) is 14.7. The number of hydrogen-bond donors (Lipinski definition) is 0. The van der Waals surface area contributed by atoms with Crippen LogP contribution in [0.3, 0.4) is 0 Å². The van der Waals surface area contributed by atoms with E-state index in [-0.39, 0.29) is 0 Å². The zero-order chi connectivity index (χ0) is 15.6. The first-order chi connectivity index (χ1) is 11.3. The quantitative estimate of drug-likeness (QED) is 0.682. The lowest BCUT2D eigenvalue weighted by molar-refractivity contribution is 0.211. The van der Waals surface area contributed by atoms with Crippen LogP contribution in [0.25, 0.3) is 10.8 Å². The molecule has 3 nitrogen and oxygen atoms in total. The maximum atomic E-state index is 5.64. The second kappa shape index (κ2) is 6.30. The van der Waals surface area contributed by atoms with Gasteiger partial charge in [0, 0.05) is 12.6 Å². The molecule has 0 unspecified atom stereocenters. The summed E-state index contributed by atoms with van der Waals surface area (Å²) in [6.07, 6.45) is 5.46. The molecule has 2 aromatic heterocycles. The van der Waals surface area contributed by atoms with Gasteiger partial charge in [-0.3, -0.25) is 4.90 Å². The second-order valence-corrected chi connectivity index (χ2v) is 7.09. The molecule has 3 aromatic rings. The lowest BCUT2D eigenvalue weighted by atomic mass is 9.87. The van der Waals surface area contributed by atoms with E-state index in [1.165, 1.54) is 30.4 Å². The van der Waals surface area contributed by atoms with Crippen molar-refractivity contribution in [3.63, 3.8) is 0 Å². The molecular weight excluding hydrogens is 304 g/mol.